The zero-order valence-corrected chi connectivity index (χ0v) is 12.1. The average Bonchev–Trinajstić information content (AvgIpc) is 2.68. The zero-order chi connectivity index (χ0) is 12.7. The Morgan fingerprint density at radius 2 is 2.06 bits per heavy atom. The molecular weight excluding hydrogens is 212 g/mol. The molecule has 0 saturated carbocycles. The maximum atomic E-state index is 5.09. The fraction of sp³-hybridized carbons (Fsp3) is 1.00. The third kappa shape index (κ3) is 6.39. The Hall–Kier alpha value is -0.120. The Kier molecular flexibility index (Phi) is 6.45. The molecular formula is C14H30N2O. The van der Waals surface area contributed by atoms with Crippen molar-refractivity contribution in [3.8, 4) is 0 Å². The fourth-order valence-electron chi connectivity index (χ4n) is 2.41. The monoisotopic (exact) mass is 242 g/mol. The van der Waals surface area contributed by atoms with Gasteiger partial charge >= 0.3 is 0 Å². The van der Waals surface area contributed by atoms with Crippen molar-refractivity contribution in [2.24, 2.45) is 0 Å². The third-order valence-corrected chi connectivity index (χ3v) is 3.41. The second-order valence-electron chi connectivity index (χ2n) is 6.16. The first-order valence-electron chi connectivity index (χ1n) is 7.01. The number of rotatable bonds is 7. The molecule has 0 aromatic heterocycles. The molecule has 1 heterocycles. The highest BCUT2D eigenvalue weighted by molar-refractivity contribution is 4.83. The van der Waals surface area contributed by atoms with Gasteiger partial charge in [0.05, 0.1) is 0 Å². The summed E-state index contributed by atoms with van der Waals surface area (Å²) in [6.07, 6.45) is 5.17. The Bertz CT molecular complexity index is 201. The van der Waals surface area contributed by atoms with Crippen LogP contribution in [0.4, 0.5) is 0 Å². The zero-order valence-electron chi connectivity index (χ0n) is 12.1. The van der Waals surface area contributed by atoms with Crippen LogP contribution in [0.15, 0.2) is 0 Å². The lowest BCUT2D eigenvalue weighted by Gasteiger charge is -2.29. The summed E-state index contributed by atoms with van der Waals surface area (Å²) < 4.78 is 5.09. The quantitative estimate of drug-likeness (QED) is 0.693. The highest BCUT2D eigenvalue weighted by atomic mass is 16.5. The van der Waals surface area contributed by atoms with Gasteiger partial charge in [-0.3, -0.25) is 4.90 Å². The van der Waals surface area contributed by atoms with Crippen LogP contribution in [0.5, 0.6) is 0 Å². The van der Waals surface area contributed by atoms with Crippen molar-refractivity contribution in [1.82, 2.24) is 10.2 Å². The van der Waals surface area contributed by atoms with E-state index >= 15 is 0 Å². The summed E-state index contributed by atoms with van der Waals surface area (Å²) >= 11 is 0. The van der Waals surface area contributed by atoms with Gasteiger partial charge in [-0.15, -0.1) is 0 Å². The van der Waals surface area contributed by atoms with Crippen LogP contribution < -0.4 is 5.32 Å². The van der Waals surface area contributed by atoms with E-state index in [1.807, 2.05) is 0 Å². The lowest BCUT2D eigenvalue weighted by Crippen LogP contribution is -2.45. The first-order chi connectivity index (χ1) is 8.03. The smallest absolute Gasteiger partial charge is 0.0462 e. The molecule has 0 amide bonds. The van der Waals surface area contributed by atoms with E-state index in [0.717, 1.165) is 19.2 Å². The molecule has 102 valence electrons. The predicted molar refractivity (Wildman–Crippen MR) is 73.5 cm³/mol. The van der Waals surface area contributed by atoms with Crippen molar-refractivity contribution in [1.29, 1.82) is 0 Å². The van der Waals surface area contributed by atoms with Crippen LogP contribution in [0.1, 0.15) is 46.5 Å². The molecule has 17 heavy (non-hydrogen) atoms. The van der Waals surface area contributed by atoms with E-state index < -0.39 is 0 Å². The average molecular weight is 242 g/mol. The molecule has 1 fully saturated rings. The predicted octanol–water partition coefficient (Wildman–Crippen LogP) is 2.27. The molecule has 1 atom stereocenters. The van der Waals surface area contributed by atoms with E-state index in [9.17, 15) is 0 Å². The van der Waals surface area contributed by atoms with Gasteiger partial charge in [0.1, 0.15) is 0 Å². The van der Waals surface area contributed by atoms with Crippen molar-refractivity contribution >= 4 is 0 Å². The standard InChI is InChI=1S/C14H30N2O/c1-14(2,3)15-12-13-8-7-10-16(13)9-5-6-11-17-4/h13,15H,5-12H2,1-4H3. The number of hydrogen-bond acceptors (Lipinski definition) is 3. The molecule has 0 aromatic carbocycles. The number of ether oxygens (including phenoxy) is 1. The van der Waals surface area contributed by atoms with Crippen molar-refractivity contribution in [2.45, 2.75) is 58.0 Å². The molecule has 1 saturated heterocycles. The lowest BCUT2D eigenvalue weighted by atomic mass is 10.1. The fourth-order valence-corrected chi connectivity index (χ4v) is 2.41. The summed E-state index contributed by atoms with van der Waals surface area (Å²) in [6.45, 7) is 11.3. The molecule has 1 aliphatic heterocycles. The van der Waals surface area contributed by atoms with E-state index in [2.05, 4.69) is 31.0 Å². The van der Waals surface area contributed by atoms with Crippen LogP contribution in [0.25, 0.3) is 0 Å². The van der Waals surface area contributed by atoms with Gasteiger partial charge in [-0.1, -0.05) is 0 Å². The van der Waals surface area contributed by atoms with E-state index in [1.165, 1.54) is 38.8 Å². The molecule has 1 rings (SSSR count). The summed E-state index contributed by atoms with van der Waals surface area (Å²) in [6, 6.07) is 0.747. The van der Waals surface area contributed by atoms with Gasteiger partial charge < -0.3 is 10.1 Å². The van der Waals surface area contributed by atoms with Crippen LogP contribution in [-0.2, 0) is 4.74 Å². The Morgan fingerprint density at radius 3 is 2.71 bits per heavy atom. The first-order valence-corrected chi connectivity index (χ1v) is 7.01. The molecule has 3 nitrogen and oxygen atoms in total. The second-order valence-corrected chi connectivity index (χ2v) is 6.16. The van der Waals surface area contributed by atoms with E-state index in [-0.39, 0.29) is 5.54 Å². The summed E-state index contributed by atoms with van der Waals surface area (Å²) in [7, 11) is 1.78. The Labute approximate surface area is 107 Å². The molecule has 0 bridgehead atoms. The number of likely N-dealkylation sites (tertiary alicyclic amines) is 1. The van der Waals surface area contributed by atoms with Gasteiger partial charge in [0, 0.05) is 31.8 Å². The molecule has 3 heteroatoms. The van der Waals surface area contributed by atoms with Crippen LogP contribution in [-0.4, -0.2) is 49.8 Å². The number of methoxy groups -OCH3 is 1. The first kappa shape index (κ1) is 14.9. The summed E-state index contributed by atoms with van der Waals surface area (Å²) in [4.78, 5) is 2.65. The normalized spacial score (nSPS) is 22.2. The largest absolute Gasteiger partial charge is 0.385 e. The molecule has 1 unspecified atom stereocenters. The maximum absolute atomic E-state index is 5.09. The Morgan fingerprint density at radius 1 is 1.29 bits per heavy atom. The topological polar surface area (TPSA) is 24.5 Å². The molecule has 0 aromatic rings. The minimum atomic E-state index is 0.240. The Balaban J connectivity index is 2.19. The molecule has 0 aliphatic carbocycles. The van der Waals surface area contributed by atoms with Crippen LogP contribution in [0, 0.1) is 0 Å². The number of hydrogen-bond donors (Lipinski definition) is 1. The molecule has 0 radical (unpaired) electrons. The summed E-state index contributed by atoms with van der Waals surface area (Å²) in [5, 5.41) is 3.63. The SMILES string of the molecule is COCCCCN1CCCC1CNC(C)(C)C. The van der Waals surface area contributed by atoms with Crippen LogP contribution >= 0.6 is 0 Å². The van der Waals surface area contributed by atoms with Crippen molar-refractivity contribution in [3.05, 3.63) is 0 Å². The highest BCUT2D eigenvalue weighted by Crippen LogP contribution is 2.17. The molecule has 0 spiro atoms. The minimum Gasteiger partial charge on any atom is -0.385 e. The molecule has 1 N–H and O–H groups in total. The lowest BCUT2D eigenvalue weighted by molar-refractivity contribution is 0.179. The number of unbranched alkanes of at least 4 members (excludes halogenated alkanes) is 1. The van der Waals surface area contributed by atoms with Crippen molar-refractivity contribution in [2.75, 3.05) is 33.4 Å². The minimum absolute atomic E-state index is 0.240. The van der Waals surface area contributed by atoms with Crippen LogP contribution in [0.3, 0.4) is 0 Å². The number of nitrogens with zero attached hydrogens (tertiary/aromatic N) is 1. The third-order valence-electron chi connectivity index (χ3n) is 3.41. The maximum Gasteiger partial charge on any atom is 0.0462 e. The van der Waals surface area contributed by atoms with Crippen molar-refractivity contribution < 1.29 is 4.74 Å². The summed E-state index contributed by atoms with van der Waals surface area (Å²) in [5.74, 6) is 0. The highest BCUT2D eigenvalue weighted by Gasteiger charge is 2.24. The molecule has 1 aliphatic rings. The van der Waals surface area contributed by atoms with Crippen molar-refractivity contribution in [3.63, 3.8) is 0 Å². The van der Waals surface area contributed by atoms with E-state index in [4.69, 9.17) is 4.74 Å². The van der Waals surface area contributed by atoms with Gasteiger partial charge in [-0.05, 0) is 59.5 Å². The van der Waals surface area contributed by atoms with Gasteiger partial charge in [0.2, 0.25) is 0 Å². The van der Waals surface area contributed by atoms with Crippen LogP contribution in [0.2, 0.25) is 0 Å². The van der Waals surface area contributed by atoms with Gasteiger partial charge in [0.15, 0.2) is 0 Å². The van der Waals surface area contributed by atoms with Gasteiger partial charge in [-0.2, -0.15) is 0 Å². The van der Waals surface area contributed by atoms with E-state index in [0.29, 0.717) is 0 Å². The van der Waals surface area contributed by atoms with Gasteiger partial charge in [0.25, 0.3) is 0 Å². The van der Waals surface area contributed by atoms with Gasteiger partial charge in [-0.25, -0.2) is 0 Å². The van der Waals surface area contributed by atoms with E-state index in [1.54, 1.807) is 7.11 Å². The number of nitrogens with one attached hydrogen (secondary N) is 1. The second kappa shape index (κ2) is 7.34. The summed E-state index contributed by atoms with van der Waals surface area (Å²) in [5.41, 5.74) is 0.240.